The van der Waals surface area contributed by atoms with E-state index in [-0.39, 0.29) is 11.7 Å². The molecule has 0 saturated carbocycles. The third-order valence-electron chi connectivity index (χ3n) is 2.59. The molecule has 2 nitrogen and oxygen atoms in total. The molecule has 0 aliphatic carbocycles. The largest absolute Gasteiger partial charge is 0.435 e. The molecule has 0 aliphatic heterocycles. The van der Waals surface area contributed by atoms with E-state index in [4.69, 9.17) is 5.73 Å². The molecule has 0 heterocycles. The van der Waals surface area contributed by atoms with Gasteiger partial charge < -0.3 is 10.5 Å². The van der Waals surface area contributed by atoms with Crippen LogP contribution in [0.25, 0.3) is 0 Å². The summed E-state index contributed by atoms with van der Waals surface area (Å²) in [4.78, 5) is 0. The summed E-state index contributed by atoms with van der Waals surface area (Å²) in [6, 6.07) is 6.67. The Hall–Kier alpha value is -1.16. The Balaban J connectivity index is 2.77. The number of alkyl halides is 2. The molecule has 16 heavy (non-hydrogen) atoms. The predicted molar refractivity (Wildman–Crippen MR) is 59.7 cm³/mol. The van der Waals surface area contributed by atoms with Crippen molar-refractivity contribution in [2.45, 2.75) is 26.4 Å². The molecule has 4 heteroatoms. The van der Waals surface area contributed by atoms with Crippen LogP contribution in [0.1, 0.15) is 25.3 Å². The van der Waals surface area contributed by atoms with Gasteiger partial charge in [0, 0.05) is 0 Å². The van der Waals surface area contributed by atoms with Crippen molar-refractivity contribution in [1.29, 1.82) is 0 Å². The first-order valence-electron chi connectivity index (χ1n) is 5.29. The summed E-state index contributed by atoms with van der Waals surface area (Å²) >= 11 is 0. The summed E-state index contributed by atoms with van der Waals surface area (Å²) in [5.74, 6) is 0.853. The average molecular weight is 229 g/mol. The van der Waals surface area contributed by atoms with Gasteiger partial charge in [-0.1, -0.05) is 26.0 Å². The number of hydrogen-bond donors (Lipinski definition) is 1. The van der Waals surface area contributed by atoms with E-state index in [0.29, 0.717) is 12.5 Å². The van der Waals surface area contributed by atoms with E-state index < -0.39 is 6.61 Å². The van der Waals surface area contributed by atoms with Crippen LogP contribution in [0.2, 0.25) is 0 Å². The smallest absolute Gasteiger partial charge is 0.387 e. The van der Waals surface area contributed by atoms with Crippen LogP contribution in [0.5, 0.6) is 5.75 Å². The second-order valence-corrected chi connectivity index (χ2v) is 4.03. The molecule has 0 aromatic heterocycles. The zero-order valence-electron chi connectivity index (χ0n) is 9.49. The van der Waals surface area contributed by atoms with E-state index in [1.54, 1.807) is 24.3 Å². The summed E-state index contributed by atoms with van der Waals surface area (Å²) in [5.41, 5.74) is 6.73. The van der Waals surface area contributed by atoms with Crippen molar-refractivity contribution in [1.82, 2.24) is 0 Å². The molecule has 0 bridgehead atoms. The highest BCUT2D eigenvalue weighted by Crippen LogP contribution is 2.25. The maximum atomic E-state index is 11.9. The van der Waals surface area contributed by atoms with E-state index in [1.807, 2.05) is 0 Å². The Morgan fingerprint density at radius 2 is 1.75 bits per heavy atom. The predicted octanol–water partition coefficient (Wildman–Crippen LogP) is 2.99. The molecular formula is C12H17F2NO. The van der Waals surface area contributed by atoms with Crippen molar-refractivity contribution in [3.8, 4) is 5.75 Å². The lowest BCUT2D eigenvalue weighted by molar-refractivity contribution is -0.0498. The van der Waals surface area contributed by atoms with Gasteiger partial charge in [0.15, 0.2) is 0 Å². The quantitative estimate of drug-likeness (QED) is 0.842. The van der Waals surface area contributed by atoms with Crippen molar-refractivity contribution >= 4 is 0 Å². The van der Waals surface area contributed by atoms with Crippen molar-refractivity contribution in [3.05, 3.63) is 29.8 Å². The van der Waals surface area contributed by atoms with E-state index >= 15 is 0 Å². The molecule has 0 aliphatic rings. The lowest BCUT2D eigenvalue weighted by Crippen LogP contribution is -2.17. The Bertz CT molecular complexity index is 311. The van der Waals surface area contributed by atoms with Gasteiger partial charge >= 0.3 is 6.61 Å². The lowest BCUT2D eigenvalue weighted by atomic mass is 9.89. The first-order chi connectivity index (χ1) is 7.54. The molecule has 1 atom stereocenters. The molecular weight excluding hydrogens is 212 g/mol. The summed E-state index contributed by atoms with van der Waals surface area (Å²) in [6.07, 6.45) is 0. The van der Waals surface area contributed by atoms with Gasteiger partial charge in [-0.15, -0.1) is 0 Å². The van der Waals surface area contributed by atoms with Gasteiger partial charge in [-0.05, 0) is 36.1 Å². The standard InChI is InChI=1S/C12H17F2NO/c1-8(2)11(7-15)9-3-5-10(6-4-9)16-12(13)14/h3-6,8,11-12H,7,15H2,1-2H3. The van der Waals surface area contributed by atoms with Gasteiger partial charge in [0.05, 0.1) is 0 Å². The van der Waals surface area contributed by atoms with Gasteiger partial charge in [-0.25, -0.2) is 0 Å². The second kappa shape index (κ2) is 5.80. The Morgan fingerprint density at radius 3 is 2.12 bits per heavy atom. The summed E-state index contributed by atoms with van der Waals surface area (Å²) in [5, 5.41) is 0. The minimum atomic E-state index is -2.78. The lowest BCUT2D eigenvalue weighted by Gasteiger charge is -2.19. The van der Waals surface area contributed by atoms with Gasteiger partial charge in [-0.3, -0.25) is 0 Å². The van der Waals surface area contributed by atoms with E-state index in [9.17, 15) is 8.78 Å². The first kappa shape index (κ1) is 12.9. The van der Waals surface area contributed by atoms with Gasteiger partial charge in [0.2, 0.25) is 0 Å². The number of rotatable bonds is 5. The fourth-order valence-electron chi connectivity index (χ4n) is 1.69. The summed E-state index contributed by atoms with van der Waals surface area (Å²) in [7, 11) is 0. The molecule has 0 spiro atoms. The molecule has 90 valence electrons. The van der Waals surface area contributed by atoms with Crippen LogP contribution >= 0.6 is 0 Å². The fourth-order valence-corrected chi connectivity index (χ4v) is 1.69. The molecule has 0 fully saturated rings. The molecule has 2 N–H and O–H groups in total. The number of hydrogen-bond acceptors (Lipinski definition) is 2. The third kappa shape index (κ3) is 3.45. The van der Waals surface area contributed by atoms with Crippen molar-refractivity contribution in [2.24, 2.45) is 11.7 Å². The summed E-state index contributed by atoms with van der Waals surface area (Å²) < 4.78 is 28.1. The average Bonchev–Trinajstić information content (AvgIpc) is 2.20. The number of nitrogens with two attached hydrogens (primary N) is 1. The van der Waals surface area contributed by atoms with Crippen molar-refractivity contribution in [2.75, 3.05) is 6.54 Å². The minimum absolute atomic E-state index is 0.179. The highest BCUT2D eigenvalue weighted by Gasteiger charge is 2.14. The van der Waals surface area contributed by atoms with Crippen LogP contribution in [-0.4, -0.2) is 13.2 Å². The monoisotopic (exact) mass is 229 g/mol. The molecule has 1 unspecified atom stereocenters. The van der Waals surface area contributed by atoms with Crippen LogP contribution in [0, 0.1) is 5.92 Å². The van der Waals surface area contributed by atoms with Crippen LogP contribution < -0.4 is 10.5 Å². The van der Waals surface area contributed by atoms with E-state index in [1.165, 1.54) is 0 Å². The highest BCUT2D eigenvalue weighted by atomic mass is 19.3. The van der Waals surface area contributed by atoms with Crippen LogP contribution in [0.15, 0.2) is 24.3 Å². The Labute approximate surface area is 94.4 Å². The molecule has 0 radical (unpaired) electrons. The molecule has 0 amide bonds. The van der Waals surface area contributed by atoms with Gasteiger partial charge in [-0.2, -0.15) is 8.78 Å². The van der Waals surface area contributed by atoms with Gasteiger partial charge in [0.1, 0.15) is 5.75 Å². The molecule has 0 saturated heterocycles. The zero-order valence-corrected chi connectivity index (χ0v) is 9.49. The fraction of sp³-hybridized carbons (Fsp3) is 0.500. The van der Waals surface area contributed by atoms with Crippen LogP contribution in [0.4, 0.5) is 8.78 Å². The maximum absolute atomic E-state index is 11.9. The SMILES string of the molecule is CC(C)C(CN)c1ccc(OC(F)F)cc1. The Kier molecular flexibility index (Phi) is 4.68. The third-order valence-corrected chi connectivity index (χ3v) is 2.59. The molecule has 1 rings (SSSR count). The minimum Gasteiger partial charge on any atom is -0.435 e. The first-order valence-corrected chi connectivity index (χ1v) is 5.29. The normalized spacial score (nSPS) is 13.2. The molecule has 1 aromatic rings. The van der Waals surface area contributed by atoms with Crippen LogP contribution in [-0.2, 0) is 0 Å². The highest BCUT2D eigenvalue weighted by molar-refractivity contribution is 5.29. The van der Waals surface area contributed by atoms with E-state index in [0.717, 1.165) is 5.56 Å². The number of ether oxygens (including phenoxy) is 1. The molecule has 1 aromatic carbocycles. The second-order valence-electron chi connectivity index (χ2n) is 4.03. The maximum Gasteiger partial charge on any atom is 0.387 e. The number of halogens is 2. The van der Waals surface area contributed by atoms with Crippen molar-refractivity contribution in [3.63, 3.8) is 0 Å². The summed E-state index contributed by atoms with van der Waals surface area (Å²) in [6.45, 7) is 1.94. The zero-order chi connectivity index (χ0) is 12.1. The van der Waals surface area contributed by atoms with Crippen molar-refractivity contribution < 1.29 is 13.5 Å². The Morgan fingerprint density at radius 1 is 1.19 bits per heavy atom. The topological polar surface area (TPSA) is 35.2 Å². The van der Waals surface area contributed by atoms with Gasteiger partial charge in [0.25, 0.3) is 0 Å². The van der Waals surface area contributed by atoms with Crippen LogP contribution in [0.3, 0.4) is 0 Å². The number of benzene rings is 1. The van der Waals surface area contributed by atoms with E-state index in [2.05, 4.69) is 18.6 Å².